The third-order valence-corrected chi connectivity index (χ3v) is 1.73. The number of ether oxygens (including phenoxy) is 1. The van der Waals surface area contributed by atoms with Gasteiger partial charge in [-0.25, -0.2) is 18.7 Å². The largest absolute Gasteiger partial charge is 0.481 e. The summed E-state index contributed by atoms with van der Waals surface area (Å²) in [5, 5.41) is 5.48. The third-order valence-electron chi connectivity index (χ3n) is 1.73. The van der Waals surface area contributed by atoms with Crippen molar-refractivity contribution >= 4 is 0 Å². The van der Waals surface area contributed by atoms with Gasteiger partial charge in [0.15, 0.2) is 18.2 Å². The lowest BCUT2D eigenvalue weighted by molar-refractivity contribution is 0.248. The minimum absolute atomic E-state index is 0.0197. The molecule has 0 radical (unpaired) electrons. The zero-order valence-electron chi connectivity index (χ0n) is 7.87. The molecule has 84 valence electrons. The van der Waals surface area contributed by atoms with Gasteiger partial charge in [0, 0.05) is 6.07 Å². The number of nitrogens with zero attached hydrogens (tertiary/aromatic N) is 1. The molecule has 0 fully saturated rings. The summed E-state index contributed by atoms with van der Waals surface area (Å²) in [5.74, 6) is -2.42. The molecule has 1 aromatic heterocycles. The number of H-pyrrole nitrogens is 1. The number of aromatic nitrogens is 2. The van der Waals surface area contributed by atoms with Crippen LogP contribution in [-0.2, 0) is 6.61 Å². The molecule has 0 atom stereocenters. The number of aromatic amines is 1. The van der Waals surface area contributed by atoms with Gasteiger partial charge in [-0.1, -0.05) is 0 Å². The Labute approximate surface area is 87.7 Å². The molecule has 0 saturated heterocycles. The number of hydrogen-bond acceptors (Lipinski definition) is 4. The topological polar surface area (TPSA) is 68.1 Å². The summed E-state index contributed by atoms with van der Waals surface area (Å²) in [5.41, 5.74) is 0. The van der Waals surface area contributed by atoms with Crippen molar-refractivity contribution in [2.24, 2.45) is 0 Å². The van der Waals surface area contributed by atoms with Gasteiger partial charge in [-0.3, -0.25) is 0 Å². The van der Waals surface area contributed by atoms with Gasteiger partial charge in [-0.15, -0.1) is 5.10 Å². The van der Waals surface area contributed by atoms with Crippen LogP contribution in [0.15, 0.2) is 27.4 Å². The molecule has 0 aliphatic carbocycles. The fraction of sp³-hybridized carbons (Fsp3) is 0.111. The van der Waals surface area contributed by atoms with Gasteiger partial charge in [-0.05, 0) is 12.1 Å². The molecule has 1 heterocycles. The average Bonchev–Trinajstić information content (AvgIpc) is 2.63. The van der Waals surface area contributed by atoms with Crippen molar-refractivity contribution in [2.45, 2.75) is 6.61 Å². The number of hydrogen-bond donors (Lipinski definition) is 1. The van der Waals surface area contributed by atoms with E-state index in [9.17, 15) is 13.6 Å². The fourth-order valence-electron chi connectivity index (χ4n) is 1.05. The molecule has 7 heteroatoms. The Bertz CT molecular complexity index is 550. The van der Waals surface area contributed by atoms with E-state index in [1.54, 1.807) is 0 Å². The van der Waals surface area contributed by atoms with Crippen molar-refractivity contribution in [3.8, 4) is 5.75 Å². The van der Waals surface area contributed by atoms with Crippen LogP contribution in [0.2, 0.25) is 0 Å². The van der Waals surface area contributed by atoms with Crippen molar-refractivity contribution in [2.75, 3.05) is 0 Å². The van der Waals surface area contributed by atoms with E-state index in [1.165, 1.54) is 0 Å². The summed E-state index contributed by atoms with van der Waals surface area (Å²) < 4.78 is 35.1. The first-order chi connectivity index (χ1) is 7.65. The predicted molar refractivity (Wildman–Crippen MR) is 47.8 cm³/mol. The van der Waals surface area contributed by atoms with Crippen molar-refractivity contribution in [1.82, 2.24) is 10.2 Å². The van der Waals surface area contributed by atoms with E-state index in [0.717, 1.165) is 12.1 Å². The van der Waals surface area contributed by atoms with Crippen molar-refractivity contribution in [1.29, 1.82) is 0 Å². The second-order valence-electron chi connectivity index (χ2n) is 2.87. The smallest absolute Gasteiger partial charge is 0.434 e. The molecular weight excluding hydrogens is 222 g/mol. The summed E-state index contributed by atoms with van der Waals surface area (Å²) in [6, 6.07) is 2.88. The Morgan fingerprint density at radius 3 is 2.88 bits per heavy atom. The van der Waals surface area contributed by atoms with E-state index >= 15 is 0 Å². The summed E-state index contributed by atoms with van der Waals surface area (Å²) in [4.78, 5) is 10.5. The third kappa shape index (κ3) is 2.25. The Morgan fingerprint density at radius 1 is 1.44 bits per heavy atom. The lowest BCUT2D eigenvalue weighted by atomic mass is 10.3. The van der Waals surface area contributed by atoms with E-state index in [-0.39, 0.29) is 18.2 Å². The average molecular weight is 228 g/mol. The van der Waals surface area contributed by atoms with E-state index in [1.807, 2.05) is 5.10 Å². The Morgan fingerprint density at radius 2 is 2.25 bits per heavy atom. The second kappa shape index (κ2) is 4.13. The van der Waals surface area contributed by atoms with Crippen LogP contribution in [0.25, 0.3) is 0 Å². The van der Waals surface area contributed by atoms with Gasteiger partial charge in [0.25, 0.3) is 5.89 Å². The molecule has 5 nitrogen and oxygen atoms in total. The van der Waals surface area contributed by atoms with Crippen LogP contribution in [0, 0.1) is 11.6 Å². The van der Waals surface area contributed by atoms with Crippen LogP contribution in [0.5, 0.6) is 5.75 Å². The molecule has 0 amide bonds. The molecule has 1 N–H and O–H groups in total. The normalized spacial score (nSPS) is 10.4. The number of nitrogens with one attached hydrogen (secondary N) is 1. The van der Waals surface area contributed by atoms with Crippen LogP contribution in [-0.4, -0.2) is 10.2 Å². The molecule has 0 aliphatic rings. The van der Waals surface area contributed by atoms with E-state index < -0.39 is 17.4 Å². The SMILES string of the molecule is O=c1[nH]nc(COc2ccc(F)cc2F)o1. The molecule has 1 aromatic carbocycles. The van der Waals surface area contributed by atoms with E-state index in [2.05, 4.69) is 9.52 Å². The van der Waals surface area contributed by atoms with Crippen LogP contribution in [0.3, 0.4) is 0 Å². The highest BCUT2D eigenvalue weighted by atomic mass is 19.1. The first-order valence-electron chi connectivity index (χ1n) is 4.27. The molecule has 2 rings (SSSR count). The maximum Gasteiger partial charge on any atom is 0.434 e. The molecule has 0 bridgehead atoms. The zero-order chi connectivity index (χ0) is 11.5. The number of benzene rings is 1. The maximum absolute atomic E-state index is 13.1. The van der Waals surface area contributed by atoms with Crippen molar-refractivity contribution in [3.63, 3.8) is 0 Å². The van der Waals surface area contributed by atoms with Crippen molar-refractivity contribution < 1.29 is 17.9 Å². The molecule has 0 saturated carbocycles. The Hall–Kier alpha value is -2.18. The van der Waals surface area contributed by atoms with Crippen LogP contribution in [0.4, 0.5) is 8.78 Å². The lowest BCUT2D eigenvalue weighted by Gasteiger charge is -2.03. The molecule has 0 aliphatic heterocycles. The van der Waals surface area contributed by atoms with E-state index in [4.69, 9.17) is 4.74 Å². The van der Waals surface area contributed by atoms with Gasteiger partial charge in [0.05, 0.1) is 0 Å². The summed E-state index contributed by atoms with van der Waals surface area (Å²) >= 11 is 0. The predicted octanol–water partition coefficient (Wildman–Crippen LogP) is 1.22. The number of halogens is 2. The monoisotopic (exact) mass is 228 g/mol. The van der Waals surface area contributed by atoms with Gasteiger partial charge in [0.1, 0.15) is 5.82 Å². The van der Waals surface area contributed by atoms with Crippen LogP contribution < -0.4 is 10.5 Å². The Balaban J connectivity index is 2.07. The standard InChI is InChI=1S/C9H6F2N2O3/c10-5-1-2-7(6(11)3-5)15-4-8-12-13-9(14)16-8/h1-3H,4H2,(H,13,14). The molecule has 0 spiro atoms. The molecule has 2 aromatic rings. The molecule has 16 heavy (non-hydrogen) atoms. The second-order valence-corrected chi connectivity index (χ2v) is 2.87. The quantitative estimate of drug-likeness (QED) is 0.857. The van der Waals surface area contributed by atoms with E-state index in [0.29, 0.717) is 6.07 Å². The van der Waals surface area contributed by atoms with Gasteiger partial charge >= 0.3 is 5.76 Å². The summed E-state index contributed by atoms with van der Waals surface area (Å²) in [6.07, 6.45) is 0. The van der Waals surface area contributed by atoms with Crippen LogP contribution >= 0.6 is 0 Å². The first-order valence-corrected chi connectivity index (χ1v) is 4.27. The van der Waals surface area contributed by atoms with Gasteiger partial charge in [-0.2, -0.15) is 0 Å². The summed E-state index contributed by atoms with van der Waals surface area (Å²) in [6.45, 7) is -0.221. The minimum atomic E-state index is -0.835. The summed E-state index contributed by atoms with van der Waals surface area (Å²) in [7, 11) is 0. The molecular formula is C9H6F2N2O3. The van der Waals surface area contributed by atoms with Gasteiger partial charge < -0.3 is 9.15 Å². The highest BCUT2D eigenvalue weighted by molar-refractivity contribution is 5.24. The lowest BCUT2D eigenvalue weighted by Crippen LogP contribution is -1.98. The highest BCUT2D eigenvalue weighted by Gasteiger charge is 2.07. The molecule has 0 unspecified atom stereocenters. The zero-order valence-corrected chi connectivity index (χ0v) is 7.87. The minimum Gasteiger partial charge on any atom is -0.481 e. The number of rotatable bonds is 3. The first kappa shape index (κ1) is 10.3. The Kier molecular flexibility index (Phi) is 2.67. The fourth-order valence-corrected chi connectivity index (χ4v) is 1.05. The highest BCUT2D eigenvalue weighted by Crippen LogP contribution is 2.18. The maximum atomic E-state index is 13.1. The van der Waals surface area contributed by atoms with Crippen molar-refractivity contribution in [3.05, 3.63) is 46.3 Å². The van der Waals surface area contributed by atoms with Gasteiger partial charge in [0.2, 0.25) is 0 Å². The van der Waals surface area contributed by atoms with Crippen LogP contribution in [0.1, 0.15) is 5.89 Å².